The van der Waals surface area contributed by atoms with Gasteiger partial charge in [0, 0.05) is 17.5 Å². The lowest BCUT2D eigenvalue weighted by atomic mass is 10.1. The first-order valence-electron chi connectivity index (χ1n) is 6.93. The van der Waals surface area contributed by atoms with Gasteiger partial charge in [-0.3, -0.25) is 0 Å². The summed E-state index contributed by atoms with van der Waals surface area (Å²) in [4.78, 5) is 4.77. The molecule has 0 bridgehead atoms. The first-order valence-corrected chi connectivity index (χ1v) is 7.84. The first-order chi connectivity index (χ1) is 10.1. The molecular formula is C17H16Cl2N2. The number of nitrogens with zero attached hydrogens (tertiary/aromatic N) is 2. The Morgan fingerprint density at radius 1 is 1.10 bits per heavy atom. The second-order valence-corrected chi connectivity index (χ2v) is 6.01. The van der Waals surface area contributed by atoms with Crippen molar-refractivity contribution in [3.8, 4) is 11.4 Å². The first kappa shape index (κ1) is 14.4. The van der Waals surface area contributed by atoms with Crippen LogP contribution in [0.1, 0.15) is 25.5 Å². The summed E-state index contributed by atoms with van der Waals surface area (Å²) >= 11 is 12.2. The van der Waals surface area contributed by atoms with Gasteiger partial charge in [-0.2, -0.15) is 0 Å². The maximum Gasteiger partial charge on any atom is 0.141 e. The van der Waals surface area contributed by atoms with Gasteiger partial charge in [0.2, 0.25) is 0 Å². The lowest BCUT2D eigenvalue weighted by Gasteiger charge is -2.14. The topological polar surface area (TPSA) is 17.8 Å². The second-order valence-electron chi connectivity index (χ2n) is 5.34. The fraction of sp³-hybridized carbons (Fsp3) is 0.235. The molecule has 0 saturated heterocycles. The third-order valence-electron chi connectivity index (χ3n) is 3.54. The monoisotopic (exact) mass is 318 g/mol. The van der Waals surface area contributed by atoms with Gasteiger partial charge < -0.3 is 4.57 Å². The Bertz CT molecular complexity index is 773. The molecule has 0 radical (unpaired) electrons. The number of imidazole rings is 1. The van der Waals surface area contributed by atoms with Gasteiger partial charge in [0.15, 0.2) is 0 Å². The van der Waals surface area contributed by atoms with E-state index in [2.05, 4.69) is 30.5 Å². The van der Waals surface area contributed by atoms with Crippen molar-refractivity contribution in [1.82, 2.24) is 9.55 Å². The third-order valence-corrected chi connectivity index (χ3v) is 4.16. The van der Waals surface area contributed by atoms with Crippen molar-refractivity contribution in [3.63, 3.8) is 0 Å². The Hall–Kier alpha value is -1.51. The van der Waals surface area contributed by atoms with Crippen LogP contribution in [0.3, 0.4) is 0 Å². The molecule has 0 aliphatic rings. The summed E-state index contributed by atoms with van der Waals surface area (Å²) in [6.45, 7) is 4.28. The minimum atomic E-state index is 0.276. The molecule has 3 aromatic rings. The summed E-state index contributed by atoms with van der Waals surface area (Å²) in [5.74, 6) is 1.46. The molecule has 2 aromatic carbocycles. The molecule has 0 fully saturated rings. The van der Waals surface area contributed by atoms with E-state index >= 15 is 0 Å². The largest absolute Gasteiger partial charge is 0.320 e. The highest BCUT2D eigenvalue weighted by atomic mass is 35.5. The van der Waals surface area contributed by atoms with Crippen molar-refractivity contribution in [2.45, 2.75) is 25.8 Å². The zero-order chi connectivity index (χ0) is 15.0. The lowest BCUT2D eigenvalue weighted by molar-refractivity contribution is 0.624. The minimum absolute atomic E-state index is 0.276. The Kier molecular flexibility index (Phi) is 3.92. The van der Waals surface area contributed by atoms with Crippen LogP contribution in [-0.4, -0.2) is 9.55 Å². The van der Waals surface area contributed by atoms with E-state index in [9.17, 15) is 0 Å². The summed E-state index contributed by atoms with van der Waals surface area (Å²) in [7, 11) is 0. The number of hydrogen-bond acceptors (Lipinski definition) is 1. The third kappa shape index (κ3) is 2.54. The highest BCUT2D eigenvalue weighted by Crippen LogP contribution is 2.32. The normalized spacial score (nSPS) is 11.5. The molecular weight excluding hydrogens is 303 g/mol. The number of alkyl halides is 1. The van der Waals surface area contributed by atoms with Gasteiger partial charge in [0.25, 0.3) is 0 Å². The molecule has 0 N–H and O–H groups in total. The Labute approximate surface area is 134 Å². The lowest BCUT2D eigenvalue weighted by Crippen LogP contribution is -2.03. The molecule has 108 valence electrons. The van der Waals surface area contributed by atoms with Crippen molar-refractivity contribution < 1.29 is 0 Å². The molecule has 0 spiro atoms. The summed E-state index contributed by atoms with van der Waals surface area (Å²) < 4.78 is 2.19. The van der Waals surface area contributed by atoms with Crippen LogP contribution in [0.5, 0.6) is 0 Å². The fourth-order valence-electron chi connectivity index (χ4n) is 2.56. The summed E-state index contributed by atoms with van der Waals surface area (Å²) in [6.07, 6.45) is 0. The summed E-state index contributed by atoms with van der Waals surface area (Å²) in [6, 6.07) is 14.3. The van der Waals surface area contributed by atoms with Crippen LogP contribution in [0.15, 0.2) is 42.5 Å². The molecule has 1 heterocycles. The Morgan fingerprint density at radius 2 is 1.81 bits per heavy atom. The zero-order valence-electron chi connectivity index (χ0n) is 12.0. The van der Waals surface area contributed by atoms with E-state index in [4.69, 9.17) is 28.2 Å². The van der Waals surface area contributed by atoms with Gasteiger partial charge in [-0.05, 0) is 31.5 Å². The Morgan fingerprint density at radius 3 is 2.43 bits per heavy atom. The summed E-state index contributed by atoms with van der Waals surface area (Å²) in [5.41, 5.74) is 4.09. The van der Waals surface area contributed by atoms with Crippen molar-refractivity contribution in [2.24, 2.45) is 0 Å². The van der Waals surface area contributed by atoms with Gasteiger partial charge in [0.1, 0.15) is 5.82 Å². The van der Waals surface area contributed by atoms with E-state index in [-0.39, 0.29) is 6.04 Å². The van der Waals surface area contributed by atoms with Crippen LogP contribution in [0.25, 0.3) is 22.4 Å². The average Bonchev–Trinajstić information content (AvgIpc) is 2.88. The molecule has 2 nitrogen and oxygen atoms in total. The molecule has 4 heteroatoms. The van der Waals surface area contributed by atoms with E-state index < -0.39 is 0 Å². The maximum atomic E-state index is 6.38. The number of hydrogen-bond donors (Lipinski definition) is 0. The van der Waals surface area contributed by atoms with Crippen LogP contribution in [0.2, 0.25) is 5.02 Å². The standard InChI is InChI=1S/C17H16Cl2N2/c1-11(2)21-16-14(19)4-3-5-15(16)20-17(21)13-8-6-12(10-18)7-9-13/h3-9,11H,10H2,1-2H3. The number of halogens is 2. The van der Waals surface area contributed by atoms with Gasteiger partial charge in [-0.25, -0.2) is 4.98 Å². The molecule has 3 rings (SSSR count). The van der Waals surface area contributed by atoms with Crippen molar-refractivity contribution >= 4 is 34.2 Å². The Balaban J connectivity index is 2.26. The van der Waals surface area contributed by atoms with E-state index in [1.807, 2.05) is 30.3 Å². The molecule has 0 unspecified atom stereocenters. The quantitative estimate of drug-likeness (QED) is 0.568. The number of para-hydroxylation sites is 1. The smallest absolute Gasteiger partial charge is 0.141 e. The fourth-order valence-corrected chi connectivity index (χ4v) is 2.99. The molecule has 1 aromatic heterocycles. The number of benzene rings is 2. The number of aromatic nitrogens is 2. The van der Waals surface area contributed by atoms with Crippen LogP contribution in [0, 0.1) is 0 Å². The SMILES string of the molecule is CC(C)n1c(-c2ccc(CCl)cc2)nc2cccc(Cl)c21. The predicted octanol–water partition coefficient (Wildman–Crippen LogP) is 5.68. The van der Waals surface area contributed by atoms with Gasteiger partial charge in [-0.1, -0.05) is 41.9 Å². The molecule has 0 aliphatic carbocycles. The highest BCUT2D eigenvalue weighted by molar-refractivity contribution is 6.35. The van der Waals surface area contributed by atoms with Gasteiger partial charge in [0.05, 0.1) is 16.1 Å². The van der Waals surface area contributed by atoms with E-state index in [0.717, 1.165) is 33.0 Å². The van der Waals surface area contributed by atoms with Crippen molar-refractivity contribution in [2.75, 3.05) is 0 Å². The molecule has 0 aliphatic heterocycles. The molecule has 21 heavy (non-hydrogen) atoms. The zero-order valence-corrected chi connectivity index (χ0v) is 13.5. The van der Waals surface area contributed by atoms with E-state index in [1.54, 1.807) is 0 Å². The van der Waals surface area contributed by atoms with Crippen LogP contribution < -0.4 is 0 Å². The van der Waals surface area contributed by atoms with Crippen molar-refractivity contribution in [3.05, 3.63) is 53.1 Å². The minimum Gasteiger partial charge on any atom is -0.320 e. The summed E-state index contributed by atoms with van der Waals surface area (Å²) in [5, 5.41) is 0.734. The average molecular weight is 319 g/mol. The highest BCUT2D eigenvalue weighted by Gasteiger charge is 2.16. The van der Waals surface area contributed by atoms with E-state index in [0.29, 0.717) is 5.88 Å². The number of fused-ring (bicyclic) bond motifs is 1. The van der Waals surface area contributed by atoms with Gasteiger partial charge in [-0.15, -0.1) is 11.6 Å². The molecule has 0 amide bonds. The van der Waals surface area contributed by atoms with Gasteiger partial charge >= 0.3 is 0 Å². The molecule has 0 atom stereocenters. The van der Waals surface area contributed by atoms with Crippen LogP contribution in [0.4, 0.5) is 0 Å². The van der Waals surface area contributed by atoms with Crippen molar-refractivity contribution in [1.29, 1.82) is 0 Å². The number of rotatable bonds is 3. The maximum absolute atomic E-state index is 6.38. The predicted molar refractivity (Wildman–Crippen MR) is 90.1 cm³/mol. The molecule has 0 saturated carbocycles. The van der Waals surface area contributed by atoms with E-state index in [1.165, 1.54) is 0 Å². The van der Waals surface area contributed by atoms with Crippen LogP contribution >= 0.6 is 23.2 Å². The van der Waals surface area contributed by atoms with Crippen LogP contribution in [-0.2, 0) is 5.88 Å². The second kappa shape index (κ2) is 5.70.